The molecular formula is C29H50O2. The Bertz CT molecular complexity index is 682. The van der Waals surface area contributed by atoms with Crippen LogP contribution in [0.2, 0.25) is 0 Å². The number of hydrogen-bond donors (Lipinski definition) is 2. The van der Waals surface area contributed by atoms with Gasteiger partial charge in [0.1, 0.15) is 0 Å². The monoisotopic (exact) mass is 430 g/mol. The third kappa shape index (κ3) is 3.86. The maximum absolute atomic E-state index is 11.1. The second-order valence-electron chi connectivity index (χ2n) is 13.0. The van der Waals surface area contributed by atoms with Gasteiger partial charge in [0.2, 0.25) is 0 Å². The van der Waals surface area contributed by atoms with Crippen LogP contribution < -0.4 is 0 Å². The van der Waals surface area contributed by atoms with Crippen molar-refractivity contribution in [2.45, 2.75) is 124 Å². The van der Waals surface area contributed by atoms with Gasteiger partial charge in [0.15, 0.2) is 0 Å². The van der Waals surface area contributed by atoms with Crippen molar-refractivity contribution in [3.05, 3.63) is 11.6 Å². The van der Waals surface area contributed by atoms with Gasteiger partial charge in [-0.15, -0.1) is 0 Å². The summed E-state index contributed by atoms with van der Waals surface area (Å²) in [7, 11) is 0. The van der Waals surface area contributed by atoms with Crippen LogP contribution in [0.4, 0.5) is 0 Å². The molecule has 3 saturated carbocycles. The van der Waals surface area contributed by atoms with E-state index >= 15 is 0 Å². The molecule has 4 aliphatic carbocycles. The maximum Gasteiger partial charge on any atom is 0.0668 e. The summed E-state index contributed by atoms with van der Waals surface area (Å²) >= 11 is 0. The number of aliphatic hydroxyl groups excluding tert-OH is 1. The molecule has 178 valence electrons. The van der Waals surface area contributed by atoms with Crippen molar-refractivity contribution in [3.8, 4) is 0 Å². The van der Waals surface area contributed by atoms with Gasteiger partial charge in [0.05, 0.1) is 11.7 Å². The lowest BCUT2D eigenvalue weighted by atomic mass is 9.47. The molecule has 0 aromatic carbocycles. The Morgan fingerprint density at radius 2 is 1.81 bits per heavy atom. The van der Waals surface area contributed by atoms with E-state index in [1.165, 1.54) is 44.9 Å². The summed E-state index contributed by atoms with van der Waals surface area (Å²) in [6, 6.07) is 0. The lowest BCUT2D eigenvalue weighted by Gasteiger charge is -2.58. The number of aliphatic hydroxyl groups is 2. The SMILES string of the molecule is CCC(O)(CC[C@@H](C)[C@H]1CC[C@H]2[C@@H]3CC=C4CC(O)CC[C@]4(C)[C@H]3CC[C@]12C)C(C)C. The van der Waals surface area contributed by atoms with E-state index in [1.54, 1.807) is 5.57 Å². The van der Waals surface area contributed by atoms with E-state index in [2.05, 4.69) is 47.6 Å². The first-order valence-electron chi connectivity index (χ1n) is 13.6. The molecule has 0 amide bonds. The molecule has 0 saturated heterocycles. The van der Waals surface area contributed by atoms with Crippen LogP contribution in [0.1, 0.15) is 112 Å². The summed E-state index contributed by atoms with van der Waals surface area (Å²) < 4.78 is 0. The summed E-state index contributed by atoms with van der Waals surface area (Å²) in [5.74, 6) is 4.42. The van der Waals surface area contributed by atoms with Crippen LogP contribution in [-0.4, -0.2) is 21.9 Å². The molecule has 0 radical (unpaired) electrons. The number of hydrogen-bond acceptors (Lipinski definition) is 2. The van der Waals surface area contributed by atoms with Crippen molar-refractivity contribution < 1.29 is 10.2 Å². The van der Waals surface area contributed by atoms with E-state index in [-0.39, 0.29) is 6.10 Å². The Balaban J connectivity index is 1.48. The van der Waals surface area contributed by atoms with Crippen LogP contribution in [0, 0.1) is 46.3 Å². The molecule has 2 nitrogen and oxygen atoms in total. The third-order valence-electron chi connectivity index (χ3n) is 11.6. The molecule has 0 heterocycles. The number of fused-ring (bicyclic) bond motifs is 5. The first kappa shape index (κ1) is 23.8. The second kappa shape index (κ2) is 8.46. The van der Waals surface area contributed by atoms with E-state index in [1.807, 2.05) is 0 Å². The zero-order chi connectivity index (χ0) is 22.6. The highest BCUT2D eigenvalue weighted by Gasteiger charge is 2.59. The fraction of sp³-hybridized carbons (Fsp3) is 0.931. The Morgan fingerprint density at radius 1 is 1.06 bits per heavy atom. The first-order valence-corrected chi connectivity index (χ1v) is 13.6. The molecule has 3 fully saturated rings. The summed E-state index contributed by atoms with van der Waals surface area (Å²) in [6.45, 7) is 14.2. The predicted molar refractivity (Wildman–Crippen MR) is 130 cm³/mol. The van der Waals surface area contributed by atoms with Gasteiger partial charge < -0.3 is 10.2 Å². The lowest BCUT2D eigenvalue weighted by Crippen LogP contribution is -2.50. The van der Waals surface area contributed by atoms with Gasteiger partial charge in [0.25, 0.3) is 0 Å². The average Bonchev–Trinajstić information content (AvgIpc) is 3.09. The quantitative estimate of drug-likeness (QED) is 0.440. The zero-order valence-electron chi connectivity index (χ0n) is 21.3. The van der Waals surface area contributed by atoms with Gasteiger partial charge in [0, 0.05) is 0 Å². The highest BCUT2D eigenvalue weighted by Crippen LogP contribution is 2.67. The minimum absolute atomic E-state index is 0.103. The molecule has 0 spiro atoms. The van der Waals surface area contributed by atoms with Crippen molar-refractivity contribution in [3.63, 3.8) is 0 Å². The van der Waals surface area contributed by atoms with Crippen LogP contribution in [0.25, 0.3) is 0 Å². The van der Waals surface area contributed by atoms with Gasteiger partial charge in [-0.1, -0.05) is 53.2 Å². The summed E-state index contributed by atoms with van der Waals surface area (Å²) in [5.41, 5.74) is 1.93. The molecule has 4 aliphatic rings. The Kier molecular flexibility index (Phi) is 6.50. The smallest absolute Gasteiger partial charge is 0.0668 e. The van der Waals surface area contributed by atoms with Crippen molar-refractivity contribution >= 4 is 0 Å². The normalized spacial score (nSPS) is 45.3. The zero-order valence-corrected chi connectivity index (χ0v) is 21.3. The van der Waals surface area contributed by atoms with Crippen LogP contribution in [0.5, 0.6) is 0 Å². The molecule has 4 rings (SSSR count). The van der Waals surface area contributed by atoms with Gasteiger partial charge >= 0.3 is 0 Å². The number of rotatable bonds is 6. The topological polar surface area (TPSA) is 40.5 Å². The minimum atomic E-state index is -0.491. The minimum Gasteiger partial charge on any atom is -0.393 e. The van der Waals surface area contributed by atoms with Crippen LogP contribution in [0.15, 0.2) is 11.6 Å². The highest BCUT2D eigenvalue weighted by atomic mass is 16.3. The maximum atomic E-state index is 11.1. The number of allylic oxidation sites excluding steroid dienone is 1. The fourth-order valence-electron chi connectivity index (χ4n) is 9.17. The van der Waals surface area contributed by atoms with Crippen LogP contribution >= 0.6 is 0 Å². The predicted octanol–water partition coefficient (Wildman–Crippen LogP) is 7.14. The lowest BCUT2D eigenvalue weighted by molar-refractivity contribution is -0.0615. The Morgan fingerprint density at radius 3 is 2.48 bits per heavy atom. The molecule has 0 aromatic heterocycles. The van der Waals surface area contributed by atoms with E-state index in [4.69, 9.17) is 0 Å². The van der Waals surface area contributed by atoms with E-state index in [9.17, 15) is 10.2 Å². The molecule has 31 heavy (non-hydrogen) atoms. The summed E-state index contributed by atoms with van der Waals surface area (Å²) in [4.78, 5) is 0. The molecule has 2 heteroatoms. The van der Waals surface area contributed by atoms with Crippen molar-refractivity contribution in [2.24, 2.45) is 46.3 Å². The van der Waals surface area contributed by atoms with Crippen LogP contribution in [-0.2, 0) is 0 Å². The van der Waals surface area contributed by atoms with Crippen LogP contribution in [0.3, 0.4) is 0 Å². The fourth-order valence-corrected chi connectivity index (χ4v) is 9.17. The molecule has 2 N–H and O–H groups in total. The second-order valence-corrected chi connectivity index (χ2v) is 13.0. The molecular weight excluding hydrogens is 380 g/mol. The van der Waals surface area contributed by atoms with E-state index in [0.29, 0.717) is 22.7 Å². The van der Waals surface area contributed by atoms with E-state index in [0.717, 1.165) is 49.4 Å². The molecule has 0 bridgehead atoms. The summed E-state index contributed by atoms with van der Waals surface area (Å²) in [5, 5.41) is 21.3. The van der Waals surface area contributed by atoms with E-state index < -0.39 is 5.60 Å². The van der Waals surface area contributed by atoms with Gasteiger partial charge in [-0.3, -0.25) is 0 Å². The van der Waals surface area contributed by atoms with Gasteiger partial charge in [-0.2, -0.15) is 0 Å². The van der Waals surface area contributed by atoms with Crippen molar-refractivity contribution in [1.82, 2.24) is 0 Å². The molecule has 0 aromatic rings. The molecule has 9 atom stereocenters. The first-order chi connectivity index (χ1) is 14.5. The average molecular weight is 431 g/mol. The Hall–Kier alpha value is -0.340. The molecule has 0 aliphatic heterocycles. The standard InChI is InChI=1S/C29H50O2/c1-7-29(31,19(2)3)17-12-20(4)24-10-11-25-23-9-8-21-18-22(30)13-15-27(21,5)26(23)14-16-28(24,25)6/h8,19-20,22-26,30-31H,7,9-18H2,1-6H3/t20-,22?,23+,24-,25+,26+,27+,28-,29?/m1/s1. The van der Waals surface area contributed by atoms with Gasteiger partial charge in [-0.25, -0.2) is 0 Å². The molecule has 2 unspecified atom stereocenters. The van der Waals surface area contributed by atoms with Gasteiger partial charge in [-0.05, 0) is 117 Å². The Labute approximate surface area is 192 Å². The largest absolute Gasteiger partial charge is 0.393 e. The van der Waals surface area contributed by atoms with Crippen molar-refractivity contribution in [1.29, 1.82) is 0 Å². The van der Waals surface area contributed by atoms with Crippen molar-refractivity contribution in [2.75, 3.05) is 0 Å². The summed E-state index contributed by atoms with van der Waals surface area (Å²) in [6.07, 6.45) is 15.4. The third-order valence-corrected chi connectivity index (χ3v) is 11.6. The highest BCUT2D eigenvalue weighted by molar-refractivity contribution is 5.25.